The van der Waals surface area contributed by atoms with E-state index in [0.29, 0.717) is 11.6 Å². The van der Waals surface area contributed by atoms with Crippen LogP contribution in [-0.2, 0) is 9.53 Å². The fraction of sp³-hybridized carbons (Fsp3) is 0.455. The molecule has 2 rings (SSSR count). The molecule has 0 saturated heterocycles. The number of nitrogens with one attached hydrogen (secondary N) is 1. The average Bonchev–Trinajstić information content (AvgIpc) is 2.75. The highest BCUT2D eigenvalue weighted by Gasteiger charge is 2.40. The van der Waals surface area contributed by atoms with Gasteiger partial charge in [0.05, 0.1) is 11.6 Å². The van der Waals surface area contributed by atoms with Crippen molar-refractivity contribution in [2.75, 3.05) is 6.61 Å². The van der Waals surface area contributed by atoms with Crippen LogP contribution in [0.1, 0.15) is 23.8 Å². The van der Waals surface area contributed by atoms with Gasteiger partial charge in [0.25, 0.3) is 0 Å². The van der Waals surface area contributed by atoms with Gasteiger partial charge in [-0.1, -0.05) is 6.92 Å². The lowest BCUT2D eigenvalue weighted by Crippen LogP contribution is -2.15. The van der Waals surface area contributed by atoms with Crippen molar-refractivity contribution in [2.24, 2.45) is 11.8 Å². The molecule has 0 aliphatic heterocycles. The summed E-state index contributed by atoms with van der Waals surface area (Å²) in [6, 6.07) is 3.40. The Morgan fingerprint density at radius 1 is 1.60 bits per heavy atom. The van der Waals surface area contributed by atoms with Gasteiger partial charge in [-0.2, -0.15) is 0 Å². The van der Waals surface area contributed by atoms with Crippen LogP contribution >= 0.6 is 0 Å². The molecule has 0 radical (unpaired) electrons. The smallest absolute Gasteiger partial charge is 0.309 e. The Bertz CT molecular complexity index is 369. The van der Waals surface area contributed by atoms with Crippen molar-refractivity contribution < 1.29 is 14.3 Å². The normalized spacial score (nSPS) is 23.5. The Kier molecular flexibility index (Phi) is 2.58. The minimum atomic E-state index is -0.248. The summed E-state index contributed by atoms with van der Waals surface area (Å²) in [7, 11) is 0. The SMILES string of the molecule is C[C@@H]1C[C@@H]1C(=O)OCC(=O)c1ccc[nH]1. The lowest BCUT2D eigenvalue weighted by Gasteiger charge is -2.01. The predicted octanol–water partition coefficient (Wildman–Crippen LogP) is 1.40. The molecule has 1 fully saturated rings. The first-order chi connectivity index (χ1) is 7.18. The molecule has 1 aliphatic rings. The number of aromatic nitrogens is 1. The van der Waals surface area contributed by atoms with Crippen LogP contribution < -0.4 is 0 Å². The maximum Gasteiger partial charge on any atom is 0.309 e. The van der Waals surface area contributed by atoms with E-state index in [1.165, 1.54) is 0 Å². The molecule has 1 saturated carbocycles. The summed E-state index contributed by atoms with van der Waals surface area (Å²) in [4.78, 5) is 25.5. The monoisotopic (exact) mass is 207 g/mol. The summed E-state index contributed by atoms with van der Waals surface area (Å²) in [6.07, 6.45) is 2.55. The molecule has 15 heavy (non-hydrogen) atoms. The van der Waals surface area contributed by atoms with E-state index in [1.807, 2.05) is 6.92 Å². The first-order valence-corrected chi connectivity index (χ1v) is 5.01. The Balaban J connectivity index is 1.79. The molecule has 0 unspecified atom stereocenters. The van der Waals surface area contributed by atoms with E-state index in [9.17, 15) is 9.59 Å². The second-order valence-corrected chi connectivity index (χ2v) is 3.93. The van der Waals surface area contributed by atoms with E-state index >= 15 is 0 Å². The van der Waals surface area contributed by atoms with E-state index in [2.05, 4.69) is 4.98 Å². The minimum Gasteiger partial charge on any atom is -0.457 e. The lowest BCUT2D eigenvalue weighted by molar-refractivity contribution is -0.144. The van der Waals surface area contributed by atoms with Crippen molar-refractivity contribution in [3.8, 4) is 0 Å². The number of carbonyl (C=O) groups is 2. The molecule has 4 heteroatoms. The number of H-pyrrole nitrogens is 1. The van der Waals surface area contributed by atoms with Gasteiger partial charge in [-0.15, -0.1) is 0 Å². The largest absolute Gasteiger partial charge is 0.457 e. The standard InChI is InChI=1S/C11H13NO3/c1-7-5-8(7)11(14)15-6-10(13)9-3-2-4-12-9/h2-4,7-8,12H,5-6H2,1H3/t7-,8+/m1/s1. The topological polar surface area (TPSA) is 59.2 Å². The first-order valence-electron chi connectivity index (χ1n) is 5.01. The van der Waals surface area contributed by atoms with Crippen molar-refractivity contribution in [3.63, 3.8) is 0 Å². The second kappa shape index (κ2) is 3.88. The number of aromatic amines is 1. The molecular formula is C11H13NO3. The van der Waals surface area contributed by atoms with Crippen LogP contribution in [0.15, 0.2) is 18.3 Å². The molecule has 1 aromatic rings. The highest BCUT2D eigenvalue weighted by atomic mass is 16.5. The van der Waals surface area contributed by atoms with Gasteiger partial charge in [-0.05, 0) is 24.5 Å². The molecule has 1 aromatic heterocycles. The van der Waals surface area contributed by atoms with Crippen LogP contribution in [0, 0.1) is 11.8 Å². The fourth-order valence-corrected chi connectivity index (χ4v) is 1.48. The molecule has 0 amide bonds. The van der Waals surface area contributed by atoms with Gasteiger partial charge >= 0.3 is 5.97 Å². The molecule has 80 valence electrons. The van der Waals surface area contributed by atoms with Gasteiger partial charge < -0.3 is 9.72 Å². The Morgan fingerprint density at radius 2 is 2.33 bits per heavy atom. The molecule has 4 nitrogen and oxygen atoms in total. The lowest BCUT2D eigenvalue weighted by atomic mass is 10.3. The predicted molar refractivity (Wildman–Crippen MR) is 53.4 cm³/mol. The maximum atomic E-state index is 11.4. The Morgan fingerprint density at radius 3 is 2.87 bits per heavy atom. The molecule has 1 aliphatic carbocycles. The summed E-state index contributed by atoms with van der Waals surface area (Å²) in [6.45, 7) is 1.83. The van der Waals surface area contributed by atoms with Crippen LogP contribution in [0.2, 0.25) is 0 Å². The molecular weight excluding hydrogens is 194 g/mol. The third kappa shape index (κ3) is 2.26. The zero-order valence-corrected chi connectivity index (χ0v) is 8.53. The maximum absolute atomic E-state index is 11.4. The molecule has 0 spiro atoms. The summed E-state index contributed by atoms with van der Waals surface area (Å²) in [5, 5.41) is 0. The minimum absolute atomic E-state index is 0.0152. The van der Waals surface area contributed by atoms with Crippen LogP contribution in [0.5, 0.6) is 0 Å². The zero-order chi connectivity index (χ0) is 10.8. The average molecular weight is 207 g/mol. The number of ether oxygens (including phenoxy) is 1. The number of ketones is 1. The Hall–Kier alpha value is -1.58. The summed E-state index contributed by atoms with van der Waals surface area (Å²) < 4.78 is 4.91. The molecule has 1 N–H and O–H groups in total. The van der Waals surface area contributed by atoms with E-state index in [0.717, 1.165) is 6.42 Å². The van der Waals surface area contributed by atoms with Gasteiger partial charge in [0.2, 0.25) is 5.78 Å². The number of Topliss-reactive ketones (excluding diaryl/α,β-unsaturated/α-hetero) is 1. The number of rotatable bonds is 4. The number of esters is 1. The first kappa shape index (κ1) is 9.96. The van der Waals surface area contributed by atoms with E-state index in [4.69, 9.17) is 4.74 Å². The zero-order valence-electron chi connectivity index (χ0n) is 8.53. The quantitative estimate of drug-likeness (QED) is 0.599. The summed E-state index contributed by atoms with van der Waals surface area (Å²) in [5.41, 5.74) is 0.478. The van der Waals surface area contributed by atoms with E-state index in [1.54, 1.807) is 18.3 Å². The highest BCUT2D eigenvalue weighted by molar-refractivity contribution is 5.96. The summed E-state index contributed by atoms with van der Waals surface area (Å²) in [5.74, 6) is -0.0106. The molecule has 1 heterocycles. The van der Waals surface area contributed by atoms with Crippen LogP contribution in [0.3, 0.4) is 0 Å². The van der Waals surface area contributed by atoms with E-state index < -0.39 is 0 Å². The van der Waals surface area contributed by atoms with Crippen molar-refractivity contribution in [2.45, 2.75) is 13.3 Å². The van der Waals surface area contributed by atoms with Gasteiger partial charge in [-0.3, -0.25) is 9.59 Å². The number of hydrogen-bond donors (Lipinski definition) is 1. The molecule has 2 atom stereocenters. The fourth-order valence-electron chi connectivity index (χ4n) is 1.48. The van der Waals surface area contributed by atoms with Crippen molar-refractivity contribution in [1.82, 2.24) is 4.98 Å². The van der Waals surface area contributed by atoms with Gasteiger partial charge in [0.1, 0.15) is 0 Å². The van der Waals surface area contributed by atoms with E-state index in [-0.39, 0.29) is 24.3 Å². The highest BCUT2D eigenvalue weighted by Crippen LogP contribution is 2.38. The van der Waals surface area contributed by atoms with Gasteiger partial charge in [-0.25, -0.2) is 0 Å². The van der Waals surface area contributed by atoms with Gasteiger partial charge in [0.15, 0.2) is 6.61 Å². The summed E-state index contributed by atoms with van der Waals surface area (Å²) >= 11 is 0. The van der Waals surface area contributed by atoms with Crippen LogP contribution in [0.4, 0.5) is 0 Å². The van der Waals surface area contributed by atoms with Gasteiger partial charge in [0, 0.05) is 6.20 Å². The second-order valence-electron chi connectivity index (χ2n) is 3.93. The third-order valence-electron chi connectivity index (χ3n) is 2.66. The number of hydrogen-bond acceptors (Lipinski definition) is 3. The van der Waals surface area contributed by atoms with Crippen LogP contribution in [0.25, 0.3) is 0 Å². The third-order valence-corrected chi connectivity index (χ3v) is 2.66. The molecule has 0 bridgehead atoms. The van der Waals surface area contributed by atoms with Crippen molar-refractivity contribution >= 4 is 11.8 Å². The molecule has 0 aromatic carbocycles. The van der Waals surface area contributed by atoms with Crippen molar-refractivity contribution in [3.05, 3.63) is 24.0 Å². The Labute approximate surface area is 87.6 Å². The van der Waals surface area contributed by atoms with Crippen LogP contribution in [-0.4, -0.2) is 23.3 Å². The van der Waals surface area contributed by atoms with Crippen molar-refractivity contribution in [1.29, 1.82) is 0 Å². The number of carbonyl (C=O) groups excluding carboxylic acids is 2.